The highest BCUT2D eigenvalue weighted by Crippen LogP contribution is 2.33. The second-order valence-corrected chi connectivity index (χ2v) is 3.87. The molecule has 19 heavy (non-hydrogen) atoms. The van der Waals surface area contributed by atoms with Crippen molar-refractivity contribution in [2.75, 3.05) is 0 Å². The number of fused-ring (bicyclic) bond motifs is 3. The van der Waals surface area contributed by atoms with Gasteiger partial charge in [0.15, 0.2) is 0 Å². The van der Waals surface area contributed by atoms with Gasteiger partial charge in [-0.3, -0.25) is 0 Å². The molecule has 0 aliphatic carbocycles. The largest absolute Gasteiger partial charge is 0.456 e. The van der Waals surface area contributed by atoms with Crippen LogP contribution in [0.5, 0.6) is 0 Å². The number of hydrogen-bond acceptors (Lipinski definition) is 5. The summed E-state index contributed by atoms with van der Waals surface area (Å²) in [6, 6.07) is 10.4. The molecule has 0 unspecified atom stereocenters. The topological polar surface area (TPSA) is 72.0 Å². The number of nitrogens with zero attached hydrogens (tertiary/aromatic N) is 2. The summed E-state index contributed by atoms with van der Waals surface area (Å²) < 4.78 is 5.65. The molecule has 90 valence electrons. The SMILES string of the molecule is O=C=Nc1ccc2c(c1)oc1cc(N=C=O)ccc12. The van der Waals surface area contributed by atoms with Crippen molar-refractivity contribution < 1.29 is 14.0 Å². The van der Waals surface area contributed by atoms with Crippen molar-refractivity contribution in [2.45, 2.75) is 0 Å². The lowest BCUT2D eigenvalue weighted by Crippen LogP contribution is -1.67. The minimum Gasteiger partial charge on any atom is -0.456 e. The van der Waals surface area contributed by atoms with E-state index in [1.165, 1.54) is 12.2 Å². The van der Waals surface area contributed by atoms with Gasteiger partial charge in [0.2, 0.25) is 12.2 Å². The van der Waals surface area contributed by atoms with Crippen LogP contribution in [-0.4, -0.2) is 12.2 Å². The molecule has 0 aliphatic heterocycles. The Labute approximate surface area is 106 Å². The van der Waals surface area contributed by atoms with Crippen LogP contribution in [0.1, 0.15) is 0 Å². The molecule has 0 saturated carbocycles. The van der Waals surface area contributed by atoms with Crippen molar-refractivity contribution >= 4 is 45.5 Å². The van der Waals surface area contributed by atoms with E-state index in [2.05, 4.69) is 9.98 Å². The van der Waals surface area contributed by atoms with Gasteiger partial charge in [0.25, 0.3) is 0 Å². The molecule has 0 bridgehead atoms. The maximum atomic E-state index is 10.2. The van der Waals surface area contributed by atoms with Gasteiger partial charge in [-0.1, -0.05) is 0 Å². The van der Waals surface area contributed by atoms with Gasteiger partial charge in [-0.05, 0) is 24.3 Å². The van der Waals surface area contributed by atoms with Crippen LogP contribution in [0.15, 0.2) is 50.8 Å². The highest BCUT2D eigenvalue weighted by molar-refractivity contribution is 6.06. The number of benzene rings is 2. The predicted molar refractivity (Wildman–Crippen MR) is 69.3 cm³/mol. The average molecular weight is 250 g/mol. The maximum absolute atomic E-state index is 10.2. The molecule has 0 aliphatic rings. The van der Waals surface area contributed by atoms with E-state index in [1.54, 1.807) is 24.3 Å². The molecule has 0 spiro atoms. The van der Waals surface area contributed by atoms with Crippen LogP contribution in [0.4, 0.5) is 11.4 Å². The van der Waals surface area contributed by atoms with Crippen LogP contribution in [0.2, 0.25) is 0 Å². The van der Waals surface area contributed by atoms with Crippen molar-refractivity contribution in [1.29, 1.82) is 0 Å². The lowest BCUT2D eigenvalue weighted by molar-refractivity contribution is 0.564. The van der Waals surface area contributed by atoms with Crippen molar-refractivity contribution in [3.05, 3.63) is 36.4 Å². The summed E-state index contributed by atoms with van der Waals surface area (Å²) in [5, 5.41) is 1.81. The van der Waals surface area contributed by atoms with Gasteiger partial charge in [-0.2, -0.15) is 9.98 Å². The summed E-state index contributed by atoms with van der Waals surface area (Å²) in [6.45, 7) is 0. The molecule has 0 atom stereocenters. The minimum absolute atomic E-state index is 0.479. The van der Waals surface area contributed by atoms with Gasteiger partial charge in [0.05, 0.1) is 11.4 Å². The molecule has 1 heterocycles. The van der Waals surface area contributed by atoms with Crippen LogP contribution in [0.25, 0.3) is 21.9 Å². The first-order valence-electron chi connectivity index (χ1n) is 5.44. The van der Waals surface area contributed by atoms with E-state index in [4.69, 9.17) is 4.42 Å². The molecular formula is C14H6N2O3. The van der Waals surface area contributed by atoms with Gasteiger partial charge in [0, 0.05) is 22.9 Å². The second-order valence-electron chi connectivity index (χ2n) is 3.87. The fourth-order valence-corrected chi connectivity index (χ4v) is 2.00. The van der Waals surface area contributed by atoms with Crippen molar-refractivity contribution in [2.24, 2.45) is 9.98 Å². The minimum atomic E-state index is 0.479. The molecule has 3 rings (SSSR count). The first-order valence-corrected chi connectivity index (χ1v) is 5.44. The molecule has 0 fully saturated rings. The van der Waals surface area contributed by atoms with E-state index in [1.807, 2.05) is 12.1 Å². The van der Waals surface area contributed by atoms with E-state index >= 15 is 0 Å². The van der Waals surface area contributed by atoms with Gasteiger partial charge >= 0.3 is 0 Å². The fraction of sp³-hybridized carbons (Fsp3) is 0. The third kappa shape index (κ3) is 1.85. The quantitative estimate of drug-likeness (QED) is 0.516. The summed E-state index contributed by atoms with van der Waals surface area (Å²) >= 11 is 0. The number of hydrogen-bond donors (Lipinski definition) is 0. The molecule has 0 N–H and O–H groups in total. The number of isocyanates is 2. The van der Waals surface area contributed by atoms with Crippen molar-refractivity contribution in [1.82, 2.24) is 0 Å². The summed E-state index contributed by atoms with van der Waals surface area (Å²) in [5.74, 6) is 0. The normalized spacial score (nSPS) is 10.1. The number of carbonyl (C=O) groups excluding carboxylic acids is 2. The van der Waals surface area contributed by atoms with E-state index < -0.39 is 0 Å². The molecule has 0 amide bonds. The lowest BCUT2D eigenvalue weighted by atomic mass is 10.1. The smallest absolute Gasteiger partial charge is 0.240 e. The summed E-state index contributed by atoms with van der Waals surface area (Å²) in [7, 11) is 0. The van der Waals surface area contributed by atoms with Crippen LogP contribution >= 0.6 is 0 Å². The Balaban J connectivity index is 2.30. The number of aliphatic imine (C=N–C) groups is 2. The Morgan fingerprint density at radius 3 is 1.68 bits per heavy atom. The zero-order chi connectivity index (χ0) is 13.2. The Morgan fingerprint density at radius 2 is 1.26 bits per heavy atom. The third-order valence-corrected chi connectivity index (χ3v) is 2.79. The van der Waals surface area contributed by atoms with Crippen LogP contribution in [-0.2, 0) is 9.59 Å². The maximum Gasteiger partial charge on any atom is 0.240 e. The van der Waals surface area contributed by atoms with E-state index in [0.717, 1.165) is 10.8 Å². The standard InChI is InChI=1S/C14H6N2O3/c17-7-15-9-1-3-11-12-4-2-10(16-8-18)6-14(12)19-13(11)5-9/h1-6H. The highest BCUT2D eigenvalue weighted by atomic mass is 16.3. The van der Waals surface area contributed by atoms with E-state index in [9.17, 15) is 9.59 Å². The van der Waals surface area contributed by atoms with Crippen LogP contribution < -0.4 is 0 Å². The van der Waals surface area contributed by atoms with Crippen molar-refractivity contribution in [3.63, 3.8) is 0 Å². The van der Waals surface area contributed by atoms with Gasteiger partial charge < -0.3 is 4.42 Å². The highest BCUT2D eigenvalue weighted by Gasteiger charge is 2.08. The number of furan rings is 1. The third-order valence-electron chi connectivity index (χ3n) is 2.79. The molecule has 3 aromatic rings. The second kappa shape index (κ2) is 4.35. The lowest BCUT2D eigenvalue weighted by Gasteiger charge is -1.91. The molecule has 0 radical (unpaired) electrons. The summed E-state index contributed by atoms with van der Waals surface area (Å²) in [6.07, 6.45) is 2.97. The molecule has 1 aromatic heterocycles. The average Bonchev–Trinajstić information content (AvgIpc) is 2.76. The molecule has 5 nitrogen and oxygen atoms in total. The predicted octanol–water partition coefficient (Wildman–Crippen LogP) is 3.52. The fourth-order valence-electron chi connectivity index (χ4n) is 2.00. The van der Waals surface area contributed by atoms with E-state index in [-0.39, 0.29) is 0 Å². The molecular weight excluding hydrogens is 244 g/mol. The van der Waals surface area contributed by atoms with Gasteiger partial charge in [0.1, 0.15) is 11.2 Å². The molecule has 2 aromatic carbocycles. The first-order chi connectivity index (χ1) is 9.31. The van der Waals surface area contributed by atoms with Crippen LogP contribution in [0.3, 0.4) is 0 Å². The van der Waals surface area contributed by atoms with Crippen LogP contribution in [0, 0.1) is 0 Å². The summed E-state index contributed by atoms with van der Waals surface area (Å²) in [5.41, 5.74) is 2.18. The Hall–Kier alpha value is -3.00. The van der Waals surface area contributed by atoms with Crippen molar-refractivity contribution in [3.8, 4) is 0 Å². The van der Waals surface area contributed by atoms with Gasteiger partial charge in [-0.25, -0.2) is 9.59 Å². The Bertz CT molecular complexity index is 810. The first kappa shape index (κ1) is 11.1. The zero-order valence-corrected chi connectivity index (χ0v) is 9.58. The monoisotopic (exact) mass is 250 g/mol. The molecule has 0 saturated heterocycles. The Morgan fingerprint density at radius 1 is 0.789 bits per heavy atom. The van der Waals surface area contributed by atoms with Gasteiger partial charge in [-0.15, -0.1) is 0 Å². The zero-order valence-electron chi connectivity index (χ0n) is 9.58. The van der Waals surface area contributed by atoms with E-state index in [0.29, 0.717) is 22.5 Å². The Kier molecular flexibility index (Phi) is 2.54. The summed E-state index contributed by atoms with van der Waals surface area (Å²) in [4.78, 5) is 27.5. The molecule has 5 heteroatoms. The number of rotatable bonds is 2.